The van der Waals surface area contributed by atoms with Crippen molar-refractivity contribution >= 4 is 0 Å². The standard InChI is InChI=1S/C12H19N3/c1-10-9-15(7-6-14-10)11(2)12-4-3-5-13-8-12/h3-5,8,10-11,14H,6-7,9H2,1-2H3. The highest BCUT2D eigenvalue weighted by Crippen LogP contribution is 2.19. The summed E-state index contributed by atoms with van der Waals surface area (Å²) < 4.78 is 0. The maximum absolute atomic E-state index is 4.18. The van der Waals surface area contributed by atoms with Crippen molar-refractivity contribution in [1.82, 2.24) is 15.2 Å². The van der Waals surface area contributed by atoms with E-state index in [2.05, 4.69) is 35.1 Å². The molecule has 1 N–H and O–H groups in total. The first-order chi connectivity index (χ1) is 7.27. The molecule has 15 heavy (non-hydrogen) atoms. The minimum atomic E-state index is 0.475. The highest BCUT2D eigenvalue weighted by Gasteiger charge is 2.21. The first-order valence-electron chi connectivity index (χ1n) is 5.64. The molecular weight excluding hydrogens is 186 g/mol. The average Bonchev–Trinajstić information content (AvgIpc) is 2.29. The number of rotatable bonds is 2. The SMILES string of the molecule is CC1CN(C(C)c2cccnc2)CCN1. The second kappa shape index (κ2) is 4.73. The molecule has 0 aromatic carbocycles. The van der Waals surface area contributed by atoms with E-state index in [1.54, 1.807) is 0 Å². The van der Waals surface area contributed by atoms with Gasteiger partial charge in [0.2, 0.25) is 0 Å². The lowest BCUT2D eigenvalue weighted by Gasteiger charge is -2.36. The molecule has 0 aliphatic carbocycles. The molecule has 1 aromatic heterocycles. The molecule has 1 aliphatic rings. The lowest BCUT2D eigenvalue weighted by Crippen LogP contribution is -2.49. The second-order valence-corrected chi connectivity index (χ2v) is 4.31. The number of aromatic nitrogens is 1. The van der Waals surface area contributed by atoms with Gasteiger partial charge in [-0.2, -0.15) is 0 Å². The van der Waals surface area contributed by atoms with Crippen LogP contribution in [0.3, 0.4) is 0 Å². The van der Waals surface area contributed by atoms with Gasteiger partial charge in [0.25, 0.3) is 0 Å². The fraction of sp³-hybridized carbons (Fsp3) is 0.583. The Labute approximate surface area is 91.5 Å². The third-order valence-corrected chi connectivity index (χ3v) is 3.11. The van der Waals surface area contributed by atoms with Gasteiger partial charge in [-0.3, -0.25) is 9.88 Å². The third-order valence-electron chi connectivity index (χ3n) is 3.11. The Balaban J connectivity index is 2.04. The minimum absolute atomic E-state index is 0.475. The number of piperazine rings is 1. The zero-order valence-electron chi connectivity index (χ0n) is 9.48. The summed E-state index contributed by atoms with van der Waals surface area (Å²) in [7, 11) is 0. The lowest BCUT2D eigenvalue weighted by atomic mass is 10.1. The van der Waals surface area contributed by atoms with Crippen molar-refractivity contribution in [2.24, 2.45) is 0 Å². The Morgan fingerprint density at radius 3 is 3.13 bits per heavy atom. The highest BCUT2D eigenvalue weighted by molar-refractivity contribution is 5.13. The fourth-order valence-corrected chi connectivity index (χ4v) is 2.15. The summed E-state index contributed by atoms with van der Waals surface area (Å²) in [5.41, 5.74) is 1.31. The molecule has 0 amide bonds. The van der Waals surface area contributed by atoms with Gasteiger partial charge in [0.15, 0.2) is 0 Å². The van der Waals surface area contributed by atoms with E-state index in [1.807, 2.05) is 18.5 Å². The van der Waals surface area contributed by atoms with Gasteiger partial charge < -0.3 is 5.32 Å². The highest BCUT2D eigenvalue weighted by atomic mass is 15.2. The predicted octanol–water partition coefficient (Wildman–Crippen LogP) is 1.44. The number of hydrogen-bond donors (Lipinski definition) is 1. The van der Waals surface area contributed by atoms with Crippen LogP contribution in [0.5, 0.6) is 0 Å². The summed E-state index contributed by atoms with van der Waals surface area (Å²) in [5.74, 6) is 0. The van der Waals surface area contributed by atoms with E-state index in [0.717, 1.165) is 19.6 Å². The summed E-state index contributed by atoms with van der Waals surface area (Å²) in [6, 6.07) is 5.24. The Hall–Kier alpha value is -0.930. The summed E-state index contributed by atoms with van der Waals surface area (Å²) in [5, 5.41) is 3.46. The Kier molecular flexibility index (Phi) is 3.34. The van der Waals surface area contributed by atoms with Crippen LogP contribution in [0.4, 0.5) is 0 Å². The second-order valence-electron chi connectivity index (χ2n) is 4.31. The molecule has 2 atom stereocenters. The van der Waals surface area contributed by atoms with Crippen molar-refractivity contribution < 1.29 is 0 Å². The smallest absolute Gasteiger partial charge is 0.0336 e. The molecule has 2 heterocycles. The van der Waals surface area contributed by atoms with Crippen LogP contribution >= 0.6 is 0 Å². The first-order valence-corrected chi connectivity index (χ1v) is 5.64. The molecule has 1 saturated heterocycles. The van der Waals surface area contributed by atoms with Gasteiger partial charge in [0.05, 0.1) is 0 Å². The van der Waals surface area contributed by atoms with Gasteiger partial charge in [-0.1, -0.05) is 6.07 Å². The van der Waals surface area contributed by atoms with Crippen LogP contribution in [-0.2, 0) is 0 Å². The lowest BCUT2D eigenvalue weighted by molar-refractivity contribution is 0.158. The van der Waals surface area contributed by atoms with E-state index in [1.165, 1.54) is 5.56 Å². The van der Waals surface area contributed by atoms with Crippen LogP contribution in [-0.4, -0.2) is 35.6 Å². The quantitative estimate of drug-likeness (QED) is 0.792. The van der Waals surface area contributed by atoms with Crippen LogP contribution in [0, 0.1) is 0 Å². The molecule has 0 bridgehead atoms. The van der Waals surface area contributed by atoms with Crippen molar-refractivity contribution in [3.05, 3.63) is 30.1 Å². The van der Waals surface area contributed by atoms with E-state index in [9.17, 15) is 0 Å². The average molecular weight is 205 g/mol. The van der Waals surface area contributed by atoms with Gasteiger partial charge >= 0.3 is 0 Å². The number of nitrogens with zero attached hydrogens (tertiary/aromatic N) is 2. The van der Waals surface area contributed by atoms with Crippen molar-refractivity contribution in [1.29, 1.82) is 0 Å². The van der Waals surface area contributed by atoms with Crippen molar-refractivity contribution in [2.45, 2.75) is 25.9 Å². The van der Waals surface area contributed by atoms with Crippen LogP contribution in [0.2, 0.25) is 0 Å². The molecule has 0 saturated carbocycles. The number of hydrogen-bond acceptors (Lipinski definition) is 3. The summed E-state index contributed by atoms with van der Waals surface area (Å²) in [6.45, 7) is 7.83. The largest absolute Gasteiger partial charge is 0.312 e. The summed E-state index contributed by atoms with van der Waals surface area (Å²) >= 11 is 0. The van der Waals surface area contributed by atoms with Crippen LogP contribution in [0.15, 0.2) is 24.5 Å². The summed E-state index contributed by atoms with van der Waals surface area (Å²) in [4.78, 5) is 6.69. The Morgan fingerprint density at radius 2 is 2.47 bits per heavy atom. The minimum Gasteiger partial charge on any atom is -0.312 e. The number of nitrogens with one attached hydrogen (secondary N) is 1. The molecule has 1 aromatic rings. The van der Waals surface area contributed by atoms with Crippen molar-refractivity contribution in [3.8, 4) is 0 Å². The van der Waals surface area contributed by atoms with Crippen molar-refractivity contribution in [3.63, 3.8) is 0 Å². The monoisotopic (exact) mass is 205 g/mol. The van der Waals surface area contributed by atoms with Crippen molar-refractivity contribution in [2.75, 3.05) is 19.6 Å². The van der Waals surface area contributed by atoms with Crippen LogP contribution < -0.4 is 5.32 Å². The normalized spacial score (nSPS) is 25.1. The Morgan fingerprint density at radius 1 is 1.60 bits per heavy atom. The molecule has 0 radical (unpaired) electrons. The van der Waals surface area contributed by atoms with E-state index >= 15 is 0 Å². The van der Waals surface area contributed by atoms with Gasteiger partial charge in [-0.15, -0.1) is 0 Å². The molecular formula is C12H19N3. The molecule has 0 spiro atoms. The predicted molar refractivity (Wildman–Crippen MR) is 61.7 cm³/mol. The molecule has 1 aliphatic heterocycles. The van der Waals surface area contributed by atoms with Crippen LogP contribution in [0.25, 0.3) is 0 Å². The summed E-state index contributed by atoms with van der Waals surface area (Å²) in [6.07, 6.45) is 3.80. The zero-order chi connectivity index (χ0) is 10.7. The molecule has 82 valence electrons. The molecule has 3 heteroatoms. The fourth-order valence-electron chi connectivity index (χ4n) is 2.15. The topological polar surface area (TPSA) is 28.2 Å². The molecule has 2 rings (SSSR count). The Bertz CT molecular complexity index is 299. The maximum atomic E-state index is 4.18. The van der Waals surface area contributed by atoms with E-state index in [4.69, 9.17) is 0 Å². The van der Waals surface area contributed by atoms with E-state index < -0.39 is 0 Å². The van der Waals surface area contributed by atoms with E-state index in [0.29, 0.717) is 12.1 Å². The van der Waals surface area contributed by atoms with Gasteiger partial charge in [0.1, 0.15) is 0 Å². The molecule has 3 nitrogen and oxygen atoms in total. The third kappa shape index (κ3) is 2.55. The van der Waals surface area contributed by atoms with Gasteiger partial charge in [0, 0.05) is 44.1 Å². The molecule has 1 fully saturated rings. The zero-order valence-corrected chi connectivity index (χ0v) is 9.48. The molecule has 2 unspecified atom stereocenters. The van der Waals surface area contributed by atoms with Gasteiger partial charge in [-0.25, -0.2) is 0 Å². The first kappa shape index (κ1) is 10.6. The van der Waals surface area contributed by atoms with E-state index in [-0.39, 0.29) is 0 Å². The maximum Gasteiger partial charge on any atom is 0.0336 e. The van der Waals surface area contributed by atoms with Crippen LogP contribution in [0.1, 0.15) is 25.5 Å². The number of pyridine rings is 1. The van der Waals surface area contributed by atoms with Gasteiger partial charge in [-0.05, 0) is 25.5 Å².